The van der Waals surface area contributed by atoms with Gasteiger partial charge in [0.1, 0.15) is 5.56 Å². The number of nitrogens with zero attached hydrogens (tertiary/aromatic N) is 4. The van der Waals surface area contributed by atoms with Gasteiger partial charge in [0.2, 0.25) is 0 Å². The molecule has 0 saturated carbocycles. The third-order valence-corrected chi connectivity index (χ3v) is 5.19. The Morgan fingerprint density at radius 1 is 1.33 bits per heavy atom. The van der Waals surface area contributed by atoms with Crippen LogP contribution in [0.1, 0.15) is 15.9 Å². The third-order valence-electron chi connectivity index (χ3n) is 5.19. The van der Waals surface area contributed by atoms with Crippen LogP contribution in [0.15, 0.2) is 47.4 Å². The van der Waals surface area contributed by atoms with Gasteiger partial charge < -0.3 is 25.6 Å². The molecule has 172 valence electrons. The molecule has 0 fully saturated rings. The molecule has 0 aliphatic carbocycles. The number of carbonyl (C=O) groups excluding carboxylic acids is 1. The first-order valence-corrected chi connectivity index (χ1v) is 9.99. The van der Waals surface area contributed by atoms with Gasteiger partial charge in [-0.3, -0.25) is 19.7 Å². The second-order valence-corrected chi connectivity index (χ2v) is 7.47. The number of carbonyl (C=O) groups is 1. The van der Waals surface area contributed by atoms with E-state index in [9.17, 15) is 19.7 Å². The number of aliphatic hydroxyl groups excluding tert-OH is 1. The van der Waals surface area contributed by atoms with E-state index in [1.807, 2.05) is 13.0 Å². The molecule has 0 bridgehead atoms. The number of aliphatic hydroxyl groups is 1. The predicted octanol–water partition coefficient (Wildman–Crippen LogP) is 2.05. The smallest absolute Gasteiger partial charge is 0.293 e. The van der Waals surface area contributed by atoms with Crippen LogP contribution in [0, 0.1) is 17.0 Å². The van der Waals surface area contributed by atoms with Gasteiger partial charge in [0.05, 0.1) is 17.2 Å². The van der Waals surface area contributed by atoms with E-state index in [2.05, 4.69) is 10.3 Å². The van der Waals surface area contributed by atoms with Crippen molar-refractivity contribution in [1.29, 1.82) is 0 Å². The van der Waals surface area contributed by atoms with E-state index in [1.165, 1.54) is 34.7 Å². The number of benzene rings is 2. The molecule has 0 atom stereocenters. The molecule has 4 N–H and O–H groups in total. The standard InChI is InChI=1S/C22H24N6O5/c1-13-15(5-4-6-17(13)23)18-12-27(3)22(31)20(25-18)24-14-7-8-16(19(11-14)28(32)33)21(30)26(2)9-10-29/h4-8,11-12,29H,9-10,23H2,1-3H3,(H,24,25). The number of amides is 1. The van der Waals surface area contributed by atoms with Crippen molar-refractivity contribution in [1.82, 2.24) is 14.5 Å². The van der Waals surface area contributed by atoms with Gasteiger partial charge in [-0.2, -0.15) is 0 Å². The molecular formula is C22H24N6O5. The highest BCUT2D eigenvalue weighted by molar-refractivity contribution is 5.98. The number of aromatic nitrogens is 2. The second kappa shape index (κ2) is 9.49. The fourth-order valence-electron chi connectivity index (χ4n) is 3.28. The van der Waals surface area contributed by atoms with Crippen molar-refractivity contribution in [2.75, 3.05) is 31.2 Å². The molecule has 1 aromatic heterocycles. The number of rotatable bonds is 7. The average Bonchev–Trinajstić information content (AvgIpc) is 2.78. The number of nitro benzene ring substituents is 1. The molecule has 0 aliphatic rings. The Bertz CT molecular complexity index is 1290. The minimum atomic E-state index is -0.677. The van der Waals surface area contributed by atoms with Gasteiger partial charge in [-0.15, -0.1) is 0 Å². The van der Waals surface area contributed by atoms with E-state index in [0.717, 1.165) is 11.1 Å². The lowest BCUT2D eigenvalue weighted by molar-refractivity contribution is -0.385. The van der Waals surface area contributed by atoms with Gasteiger partial charge in [0, 0.05) is 49.8 Å². The Hall–Kier alpha value is -4.25. The fourth-order valence-corrected chi connectivity index (χ4v) is 3.28. The van der Waals surface area contributed by atoms with E-state index in [1.54, 1.807) is 25.4 Å². The Morgan fingerprint density at radius 3 is 2.73 bits per heavy atom. The van der Waals surface area contributed by atoms with E-state index in [4.69, 9.17) is 10.8 Å². The number of aryl methyl sites for hydroxylation is 1. The summed E-state index contributed by atoms with van der Waals surface area (Å²) in [5.41, 5.74) is 7.83. The van der Waals surface area contributed by atoms with Crippen molar-refractivity contribution >= 4 is 28.8 Å². The van der Waals surface area contributed by atoms with Gasteiger partial charge in [-0.25, -0.2) is 4.98 Å². The summed E-state index contributed by atoms with van der Waals surface area (Å²) in [6.07, 6.45) is 1.58. The summed E-state index contributed by atoms with van der Waals surface area (Å²) >= 11 is 0. The Morgan fingerprint density at radius 2 is 2.06 bits per heavy atom. The van der Waals surface area contributed by atoms with Crippen LogP contribution in [0.3, 0.4) is 0 Å². The second-order valence-electron chi connectivity index (χ2n) is 7.47. The maximum atomic E-state index is 12.7. The summed E-state index contributed by atoms with van der Waals surface area (Å²) in [5.74, 6) is -0.641. The third kappa shape index (κ3) is 4.83. The molecular weight excluding hydrogens is 428 g/mol. The molecule has 1 amide bonds. The van der Waals surface area contributed by atoms with Crippen LogP contribution in [0.4, 0.5) is 22.9 Å². The zero-order valence-electron chi connectivity index (χ0n) is 18.4. The van der Waals surface area contributed by atoms with Crippen molar-refractivity contribution in [3.05, 3.63) is 74.2 Å². The number of hydrogen-bond donors (Lipinski definition) is 3. The number of nitrogens with two attached hydrogens (primary N) is 1. The number of nitro groups is 1. The normalized spacial score (nSPS) is 10.7. The molecule has 2 aromatic carbocycles. The number of nitrogens with one attached hydrogen (secondary N) is 1. The molecule has 0 radical (unpaired) electrons. The zero-order valence-corrected chi connectivity index (χ0v) is 18.4. The minimum Gasteiger partial charge on any atom is -0.398 e. The lowest BCUT2D eigenvalue weighted by Crippen LogP contribution is -2.30. The summed E-state index contributed by atoms with van der Waals surface area (Å²) in [6, 6.07) is 9.29. The number of nitrogen functional groups attached to an aromatic ring is 1. The molecule has 3 aromatic rings. The number of anilines is 3. The van der Waals surface area contributed by atoms with Gasteiger partial charge in [-0.05, 0) is 30.7 Å². The van der Waals surface area contributed by atoms with Crippen LogP contribution >= 0.6 is 0 Å². The largest absolute Gasteiger partial charge is 0.398 e. The predicted molar refractivity (Wildman–Crippen MR) is 124 cm³/mol. The molecule has 0 spiro atoms. The van der Waals surface area contributed by atoms with E-state index >= 15 is 0 Å². The lowest BCUT2D eigenvalue weighted by atomic mass is 10.0. The summed E-state index contributed by atoms with van der Waals surface area (Å²) < 4.78 is 1.35. The summed E-state index contributed by atoms with van der Waals surface area (Å²) in [5, 5.41) is 23.5. The highest BCUT2D eigenvalue weighted by atomic mass is 16.6. The molecule has 0 unspecified atom stereocenters. The van der Waals surface area contributed by atoms with E-state index in [-0.39, 0.29) is 30.2 Å². The van der Waals surface area contributed by atoms with Crippen molar-refractivity contribution in [3.8, 4) is 11.3 Å². The first-order valence-electron chi connectivity index (χ1n) is 9.99. The van der Waals surface area contributed by atoms with Crippen LogP contribution in [0.25, 0.3) is 11.3 Å². The van der Waals surface area contributed by atoms with Gasteiger partial charge >= 0.3 is 0 Å². The van der Waals surface area contributed by atoms with Crippen LogP contribution in [0.5, 0.6) is 0 Å². The molecule has 11 heteroatoms. The summed E-state index contributed by atoms with van der Waals surface area (Å²) in [4.78, 5) is 41.7. The van der Waals surface area contributed by atoms with Gasteiger partial charge in [-0.1, -0.05) is 12.1 Å². The van der Waals surface area contributed by atoms with E-state index < -0.39 is 22.1 Å². The fraction of sp³-hybridized carbons (Fsp3) is 0.227. The Labute approximate surface area is 189 Å². The first kappa shape index (κ1) is 23.4. The molecule has 11 nitrogen and oxygen atoms in total. The lowest BCUT2D eigenvalue weighted by Gasteiger charge is -2.16. The highest BCUT2D eigenvalue weighted by Gasteiger charge is 2.24. The van der Waals surface area contributed by atoms with Crippen molar-refractivity contribution < 1.29 is 14.8 Å². The SMILES string of the molecule is Cc1c(N)cccc1-c1cn(C)c(=O)c(Nc2ccc(C(=O)N(C)CCO)c([N+](=O)[O-])c2)n1. The highest BCUT2D eigenvalue weighted by Crippen LogP contribution is 2.28. The summed E-state index contributed by atoms with van der Waals surface area (Å²) in [6.45, 7) is 1.61. The maximum absolute atomic E-state index is 12.7. The van der Waals surface area contributed by atoms with Crippen LogP contribution < -0.4 is 16.6 Å². The quantitative estimate of drug-likeness (QED) is 0.279. The number of hydrogen-bond acceptors (Lipinski definition) is 8. The van der Waals surface area contributed by atoms with E-state index in [0.29, 0.717) is 11.4 Å². The zero-order chi connectivity index (χ0) is 24.3. The monoisotopic (exact) mass is 452 g/mol. The molecule has 3 rings (SSSR count). The van der Waals surface area contributed by atoms with Crippen molar-refractivity contribution in [2.24, 2.45) is 7.05 Å². The van der Waals surface area contributed by atoms with Crippen molar-refractivity contribution in [2.45, 2.75) is 6.92 Å². The molecule has 0 saturated heterocycles. The minimum absolute atomic E-state index is 0.0339. The van der Waals surface area contributed by atoms with Crippen LogP contribution in [-0.2, 0) is 7.05 Å². The number of likely N-dealkylation sites (N-methyl/N-ethyl adjacent to an activating group) is 1. The first-order chi connectivity index (χ1) is 15.6. The Balaban J connectivity index is 2.03. The van der Waals surface area contributed by atoms with Crippen molar-refractivity contribution in [3.63, 3.8) is 0 Å². The molecule has 1 heterocycles. The average molecular weight is 452 g/mol. The maximum Gasteiger partial charge on any atom is 0.293 e. The van der Waals surface area contributed by atoms with Gasteiger partial charge in [0.15, 0.2) is 5.82 Å². The Kier molecular flexibility index (Phi) is 6.73. The molecule has 33 heavy (non-hydrogen) atoms. The molecule has 0 aliphatic heterocycles. The summed E-state index contributed by atoms with van der Waals surface area (Å²) in [7, 11) is 3.01. The van der Waals surface area contributed by atoms with Crippen LogP contribution in [-0.4, -0.2) is 50.6 Å². The van der Waals surface area contributed by atoms with Gasteiger partial charge in [0.25, 0.3) is 17.2 Å². The van der Waals surface area contributed by atoms with Crippen LogP contribution in [0.2, 0.25) is 0 Å². The topological polar surface area (TPSA) is 157 Å².